The molecular weight excluding hydrogens is 445 g/mol. The maximum absolute atomic E-state index is 12.8. The summed E-state index contributed by atoms with van der Waals surface area (Å²) in [5.41, 5.74) is -2.29. The van der Waals surface area contributed by atoms with Gasteiger partial charge in [-0.2, -0.15) is 30.7 Å². The van der Waals surface area contributed by atoms with Crippen LogP contribution in [0, 0.1) is 10.1 Å². The fourth-order valence-corrected chi connectivity index (χ4v) is 2.11. The number of amides is 1. The van der Waals surface area contributed by atoms with Crippen LogP contribution in [-0.4, -0.2) is 30.0 Å². The molecule has 7 nitrogen and oxygen atoms in total. The van der Waals surface area contributed by atoms with E-state index in [0.29, 0.717) is 12.1 Å². The summed E-state index contributed by atoms with van der Waals surface area (Å²) >= 11 is 0. The Hall–Kier alpha value is -3.58. The third-order valence-electron chi connectivity index (χ3n) is 3.49. The molecule has 0 aliphatic heterocycles. The minimum Gasteiger partial charge on any atom is -0.477 e. The number of nitro benzene ring substituents is 1. The van der Waals surface area contributed by atoms with Crippen molar-refractivity contribution in [1.29, 1.82) is 0 Å². The minimum atomic E-state index is -4.82. The third-order valence-corrected chi connectivity index (χ3v) is 3.49. The van der Waals surface area contributed by atoms with Gasteiger partial charge in [0, 0.05) is 11.8 Å². The molecule has 0 saturated carbocycles. The summed E-state index contributed by atoms with van der Waals surface area (Å²) in [5, 5.41) is 13.2. The van der Waals surface area contributed by atoms with Gasteiger partial charge < -0.3 is 14.8 Å². The number of benzene rings is 2. The number of anilines is 1. The monoisotopic (exact) mass is 456 g/mol. The number of rotatable bonds is 8. The molecular formula is C17H11F7N2O5. The first-order valence-electron chi connectivity index (χ1n) is 8.03. The molecule has 0 aromatic heterocycles. The standard InChI is InChI=1S/C17H11F7N2O5/c18-15(19)17(23,24)31-11-4-2-10(3-5-11)25-14(27)8-30-13-6-1-9(16(20,21)22)7-12(13)26(28)29/h1-7,15H,8H2,(H,25,27). The fraction of sp³-hybridized carbons (Fsp3) is 0.235. The lowest BCUT2D eigenvalue weighted by atomic mass is 10.2. The third kappa shape index (κ3) is 6.45. The highest BCUT2D eigenvalue weighted by Gasteiger charge is 2.43. The Bertz CT molecular complexity index is 949. The highest BCUT2D eigenvalue weighted by Crippen LogP contribution is 2.36. The molecule has 0 heterocycles. The Labute approximate surface area is 168 Å². The summed E-state index contributed by atoms with van der Waals surface area (Å²) in [6.45, 7) is -0.839. The maximum atomic E-state index is 12.8. The molecule has 31 heavy (non-hydrogen) atoms. The quantitative estimate of drug-likeness (QED) is 0.348. The van der Waals surface area contributed by atoms with Crippen molar-refractivity contribution in [2.75, 3.05) is 11.9 Å². The van der Waals surface area contributed by atoms with E-state index in [-0.39, 0.29) is 11.8 Å². The number of carbonyl (C=O) groups excluding carboxylic acids is 1. The second-order valence-electron chi connectivity index (χ2n) is 5.76. The predicted octanol–water partition coefficient (Wildman–Crippen LogP) is 4.87. The van der Waals surface area contributed by atoms with Gasteiger partial charge in [0.15, 0.2) is 12.4 Å². The van der Waals surface area contributed by atoms with Gasteiger partial charge in [-0.1, -0.05) is 0 Å². The number of carbonyl (C=O) groups is 1. The highest BCUT2D eigenvalue weighted by atomic mass is 19.4. The minimum absolute atomic E-state index is 0.00299. The van der Waals surface area contributed by atoms with Crippen LogP contribution in [0.15, 0.2) is 42.5 Å². The lowest BCUT2D eigenvalue weighted by molar-refractivity contribution is -0.386. The van der Waals surface area contributed by atoms with Crippen LogP contribution in [0.5, 0.6) is 11.5 Å². The number of ether oxygens (including phenoxy) is 2. The van der Waals surface area contributed by atoms with E-state index in [1.54, 1.807) is 0 Å². The molecule has 0 bridgehead atoms. The molecule has 0 unspecified atom stereocenters. The molecule has 2 aromatic rings. The van der Waals surface area contributed by atoms with Gasteiger partial charge in [-0.25, -0.2) is 0 Å². The Kier molecular flexibility index (Phi) is 6.92. The van der Waals surface area contributed by atoms with E-state index in [0.717, 1.165) is 24.3 Å². The maximum Gasteiger partial charge on any atom is 0.461 e. The van der Waals surface area contributed by atoms with Crippen molar-refractivity contribution in [3.8, 4) is 11.5 Å². The first kappa shape index (κ1) is 23.7. The summed E-state index contributed by atoms with van der Waals surface area (Å²) in [5.74, 6) is -2.10. The molecule has 0 aliphatic rings. The van der Waals surface area contributed by atoms with Crippen molar-refractivity contribution < 1.29 is 49.9 Å². The largest absolute Gasteiger partial charge is 0.477 e. The van der Waals surface area contributed by atoms with Crippen LogP contribution >= 0.6 is 0 Å². The molecule has 0 saturated heterocycles. The lowest BCUT2D eigenvalue weighted by Crippen LogP contribution is -2.33. The van der Waals surface area contributed by atoms with Gasteiger partial charge in [0.2, 0.25) is 0 Å². The molecule has 0 atom stereocenters. The summed E-state index contributed by atoms with van der Waals surface area (Å²) < 4.78 is 96.5. The summed E-state index contributed by atoms with van der Waals surface area (Å²) in [6, 6.07) is 5.28. The highest BCUT2D eigenvalue weighted by molar-refractivity contribution is 5.92. The van der Waals surface area contributed by atoms with Crippen LogP contribution in [0.3, 0.4) is 0 Å². The van der Waals surface area contributed by atoms with E-state index in [4.69, 9.17) is 4.74 Å². The van der Waals surface area contributed by atoms with Crippen molar-refractivity contribution in [3.05, 3.63) is 58.1 Å². The zero-order chi connectivity index (χ0) is 23.4. The Morgan fingerprint density at radius 2 is 1.68 bits per heavy atom. The van der Waals surface area contributed by atoms with Crippen molar-refractivity contribution in [1.82, 2.24) is 0 Å². The summed E-state index contributed by atoms with van der Waals surface area (Å²) in [4.78, 5) is 21.7. The van der Waals surface area contributed by atoms with Gasteiger partial charge in [-0.05, 0) is 36.4 Å². The zero-order valence-corrected chi connectivity index (χ0v) is 15.0. The van der Waals surface area contributed by atoms with Crippen molar-refractivity contribution >= 4 is 17.3 Å². The summed E-state index contributed by atoms with van der Waals surface area (Å²) in [6.07, 6.45) is -13.6. The van der Waals surface area contributed by atoms with Gasteiger partial charge in [0.05, 0.1) is 10.5 Å². The second-order valence-corrected chi connectivity index (χ2v) is 5.76. The lowest BCUT2D eigenvalue weighted by Gasteiger charge is -2.17. The van der Waals surface area contributed by atoms with E-state index >= 15 is 0 Å². The topological polar surface area (TPSA) is 90.7 Å². The Morgan fingerprint density at radius 1 is 1.06 bits per heavy atom. The number of halogens is 7. The zero-order valence-electron chi connectivity index (χ0n) is 15.0. The molecule has 1 N–H and O–H groups in total. The molecule has 0 fully saturated rings. The SMILES string of the molecule is O=C(COc1ccc(C(F)(F)F)cc1[N+](=O)[O-])Nc1ccc(OC(F)(F)C(F)F)cc1. The van der Waals surface area contributed by atoms with E-state index in [9.17, 15) is 45.6 Å². The van der Waals surface area contributed by atoms with Crippen molar-refractivity contribution in [3.63, 3.8) is 0 Å². The first-order valence-corrected chi connectivity index (χ1v) is 8.03. The second kappa shape index (κ2) is 9.06. The van der Waals surface area contributed by atoms with Gasteiger partial charge in [0.25, 0.3) is 5.91 Å². The smallest absolute Gasteiger partial charge is 0.461 e. The first-order chi connectivity index (χ1) is 14.3. The number of hydrogen-bond acceptors (Lipinski definition) is 5. The fourth-order valence-electron chi connectivity index (χ4n) is 2.11. The molecule has 2 aromatic carbocycles. The van der Waals surface area contributed by atoms with Crippen LogP contribution in [0.1, 0.15) is 5.56 Å². The normalized spacial score (nSPS) is 11.9. The average Bonchev–Trinajstić information content (AvgIpc) is 2.66. The molecule has 14 heteroatoms. The van der Waals surface area contributed by atoms with Crippen LogP contribution in [0.25, 0.3) is 0 Å². The Morgan fingerprint density at radius 3 is 2.19 bits per heavy atom. The van der Waals surface area contributed by atoms with Gasteiger partial charge in [0.1, 0.15) is 5.75 Å². The van der Waals surface area contributed by atoms with Crippen LogP contribution < -0.4 is 14.8 Å². The molecule has 2 rings (SSSR count). The van der Waals surface area contributed by atoms with Crippen molar-refractivity contribution in [2.24, 2.45) is 0 Å². The number of alkyl halides is 7. The molecule has 168 valence electrons. The predicted molar refractivity (Wildman–Crippen MR) is 90.2 cm³/mol. The number of nitrogens with one attached hydrogen (secondary N) is 1. The van der Waals surface area contributed by atoms with Gasteiger partial charge >= 0.3 is 24.4 Å². The van der Waals surface area contributed by atoms with Crippen LogP contribution in [0.4, 0.5) is 42.1 Å². The van der Waals surface area contributed by atoms with Gasteiger partial charge in [-0.15, -0.1) is 0 Å². The molecule has 1 amide bonds. The average molecular weight is 456 g/mol. The number of nitro groups is 1. The van der Waals surface area contributed by atoms with Crippen molar-refractivity contribution in [2.45, 2.75) is 18.7 Å². The van der Waals surface area contributed by atoms with Crippen LogP contribution in [-0.2, 0) is 11.0 Å². The van der Waals surface area contributed by atoms with E-state index < -0.39 is 58.9 Å². The van der Waals surface area contributed by atoms with E-state index in [2.05, 4.69) is 10.1 Å². The van der Waals surface area contributed by atoms with Crippen LogP contribution in [0.2, 0.25) is 0 Å². The molecule has 0 aliphatic carbocycles. The van der Waals surface area contributed by atoms with E-state index in [1.165, 1.54) is 0 Å². The van der Waals surface area contributed by atoms with Gasteiger partial charge in [-0.3, -0.25) is 14.9 Å². The number of hydrogen-bond donors (Lipinski definition) is 1. The Balaban J connectivity index is 2.00. The summed E-state index contributed by atoms with van der Waals surface area (Å²) in [7, 11) is 0. The van der Waals surface area contributed by atoms with E-state index in [1.807, 2.05) is 0 Å². The molecule has 0 radical (unpaired) electrons. The number of nitrogens with zero attached hydrogens (tertiary/aromatic N) is 1. The molecule has 0 spiro atoms.